The Labute approximate surface area is 223 Å². The molecule has 1 fully saturated rings. The quantitative estimate of drug-likeness (QED) is 0.331. The molecule has 1 saturated carbocycles. The summed E-state index contributed by atoms with van der Waals surface area (Å²) in [6.45, 7) is 2.16. The molecule has 0 saturated heterocycles. The molecule has 4 nitrogen and oxygen atoms in total. The second-order valence-corrected chi connectivity index (χ2v) is 12.8. The minimum absolute atomic E-state index is 0.102. The Bertz CT molecular complexity index is 1200. The fourth-order valence-electron chi connectivity index (χ4n) is 5.47. The summed E-state index contributed by atoms with van der Waals surface area (Å²) in [5.41, 5.74) is 3.82. The van der Waals surface area contributed by atoms with Gasteiger partial charge in [0.1, 0.15) is 0 Å². The molecule has 2 aliphatic carbocycles. The van der Waals surface area contributed by atoms with Crippen LogP contribution >= 0.6 is 50.5 Å². The second-order valence-electron chi connectivity index (χ2n) is 9.46. The van der Waals surface area contributed by atoms with Crippen LogP contribution in [0.4, 0.5) is 0 Å². The highest BCUT2D eigenvalue weighted by Crippen LogP contribution is 2.43. The Hall–Kier alpha value is -1.34. The van der Waals surface area contributed by atoms with Crippen LogP contribution in [0.1, 0.15) is 69.0 Å². The highest BCUT2D eigenvalue weighted by molar-refractivity contribution is 9.11. The minimum atomic E-state index is -0.246. The molecule has 8 heteroatoms. The summed E-state index contributed by atoms with van der Waals surface area (Å²) in [5.74, 6) is 0.430. The number of aromatic nitrogens is 2. The van der Waals surface area contributed by atoms with Crippen LogP contribution in [0.25, 0.3) is 16.3 Å². The highest BCUT2D eigenvalue weighted by Gasteiger charge is 2.35. The van der Waals surface area contributed by atoms with Crippen molar-refractivity contribution < 1.29 is 4.79 Å². The van der Waals surface area contributed by atoms with Gasteiger partial charge in [-0.2, -0.15) is 5.10 Å². The molecule has 2 atom stereocenters. The summed E-state index contributed by atoms with van der Waals surface area (Å²) in [6, 6.07) is 9.80. The molecule has 2 heterocycles. The number of rotatable bonds is 5. The van der Waals surface area contributed by atoms with Crippen molar-refractivity contribution in [3.8, 4) is 16.3 Å². The molecule has 0 unspecified atom stereocenters. The first-order valence-electron chi connectivity index (χ1n) is 12.1. The van der Waals surface area contributed by atoms with Crippen molar-refractivity contribution in [3.63, 3.8) is 0 Å². The van der Waals surface area contributed by atoms with Crippen LogP contribution in [0.3, 0.4) is 0 Å². The number of carbonyl (C=O) groups excluding carboxylic acids is 1. The first-order chi connectivity index (χ1) is 16.4. The van der Waals surface area contributed by atoms with Crippen LogP contribution in [-0.2, 0) is 11.2 Å². The molecule has 0 bridgehead atoms. The van der Waals surface area contributed by atoms with Gasteiger partial charge in [-0.1, -0.05) is 42.5 Å². The largest absolute Gasteiger partial charge is 0.353 e. The third-order valence-electron chi connectivity index (χ3n) is 7.25. The van der Waals surface area contributed by atoms with Gasteiger partial charge < -0.3 is 5.32 Å². The first-order valence-corrected chi connectivity index (χ1v) is 14.4. The molecule has 2 aliphatic rings. The maximum absolute atomic E-state index is 13.5. The first kappa shape index (κ1) is 24.4. The van der Waals surface area contributed by atoms with E-state index < -0.39 is 0 Å². The maximum atomic E-state index is 13.5. The van der Waals surface area contributed by atoms with E-state index in [-0.39, 0.29) is 17.9 Å². The van der Waals surface area contributed by atoms with E-state index in [0.29, 0.717) is 16.0 Å². The number of halogens is 3. The second kappa shape index (κ2) is 10.3. The van der Waals surface area contributed by atoms with Crippen molar-refractivity contribution in [2.24, 2.45) is 5.92 Å². The van der Waals surface area contributed by atoms with E-state index in [0.717, 1.165) is 50.6 Å². The summed E-state index contributed by atoms with van der Waals surface area (Å²) in [5, 5.41) is 9.52. The van der Waals surface area contributed by atoms with Crippen molar-refractivity contribution >= 4 is 56.4 Å². The molecule has 0 radical (unpaired) electrons. The number of thiophene rings is 1. The Kier molecular flexibility index (Phi) is 7.41. The number of fused-ring (bicyclic) bond motifs is 1. The molecule has 2 aromatic heterocycles. The zero-order valence-electron chi connectivity index (χ0n) is 19.1. The third kappa shape index (κ3) is 4.84. The van der Waals surface area contributed by atoms with Gasteiger partial charge in [0.15, 0.2) is 0 Å². The molecule has 34 heavy (non-hydrogen) atoms. The monoisotopic (exact) mass is 579 g/mol. The molecule has 5 rings (SSSR count). The summed E-state index contributed by atoms with van der Waals surface area (Å²) >= 11 is 18.0. The molecule has 1 amide bonds. The van der Waals surface area contributed by atoms with E-state index >= 15 is 0 Å². The standard InChI is InChI=1S/C26H28BrCl2N3OS/c1-15(16-6-3-2-4-7-16)30-26(33)19-9-5-8-18-24(19)31-32(21-11-10-17(28)14-20(21)29)25(18)22-12-13-23(27)34-22/h10-16,19H,2-9H2,1H3,(H,30,33)/t15-,19-/m1/s1. The molecular weight excluding hydrogens is 553 g/mol. The smallest absolute Gasteiger partial charge is 0.229 e. The van der Waals surface area contributed by atoms with Gasteiger partial charge in [-0.25, -0.2) is 4.68 Å². The number of nitrogens with one attached hydrogen (secondary N) is 1. The van der Waals surface area contributed by atoms with E-state index in [1.54, 1.807) is 17.4 Å². The fourth-order valence-corrected chi connectivity index (χ4v) is 7.40. The number of amides is 1. The number of carbonyl (C=O) groups is 1. The summed E-state index contributed by atoms with van der Waals surface area (Å²) in [6.07, 6.45) is 8.94. The fraction of sp³-hybridized carbons (Fsp3) is 0.462. The molecule has 0 aliphatic heterocycles. The van der Waals surface area contributed by atoms with Crippen LogP contribution in [0.15, 0.2) is 34.1 Å². The van der Waals surface area contributed by atoms with Crippen LogP contribution < -0.4 is 5.32 Å². The zero-order valence-corrected chi connectivity index (χ0v) is 23.0. The van der Waals surface area contributed by atoms with Gasteiger partial charge in [0.2, 0.25) is 5.91 Å². The molecular formula is C26H28BrCl2N3OS. The average Bonchev–Trinajstić information content (AvgIpc) is 3.42. The van der Waals surface area contributed by atoms with Gasteiger partial charge in [0.05, 0.1) is 36.7 Å². The Morgan fingerprint density at radius 1 is 1.15 bits per heavy atom. The van der Waals surface area contributed by atoms with E-state index in [2.05, 4.69) is 34.2 Å². The SMILES string of the molecule is C[C@@H](NC(=O)[C@@H]1CCCc2c1nn(-c1ccc(Cl)cc1Cl)c2-c1ccc(Br)s1)C1CCCCC1. The van der Waals surface area contributed by atoms with Gasteiger partial charge in [-0.15, -0.1) is 11.3 Å². The topological polar surface area (TPSA) is 46.9 Å². The lowest BCUT2D eigenvalue weighted by Crippen LogP contribution is -2.42. The predicted octanol–water partition coefficient (Wildman–Crippen LogP) is 8.18. The lowest BCUT2D eigenvalue weighted by atomic mass is 9.83. The average molecular weight is 581 g/mol. The highest BCUT2D eigenvalue weighted by atomic mass is 79.9. The summed E-state index contributed by atoms with van der Waals surface area (Å²) in [4.78, 5) is 14.6. The molecule has 3 aromatic rings. The van der Waals surface area contributed by atoms with Crippen LogP contribution in [0, 0.1) is 5.92 Å². The van der Waals surface area contributed by atoms with Gasteiger partial charge in [-0.05, 0) is 91.2 Å². The minimum Gasteiger partial charge on any atom is -0.353 e. The van der Waals surface area contributed by atoms with Crippen LogP contribution in [-0.4, -0.2) is 21.7 Å². The lowest BCUT2D eigenvalue weighted by Gasteiger charge is -2.30. The lowest BCUT2D eigenvalue weighted by molar-refractivity contribution is -0.124. The van der Waals surface area contributed by atoms with Gasteiger partial charge in [0.25, 0.3) is 0 Å². The van der Waals surface area contributed by atoms with Crippen LogP contribution in [0.2, 0.25) is 10.0 Å². The van der Waals surface area contributed by atoms with Crippen LogP contribution in [0.5, 0.6) is 0 Å². The number of hydrogen-bond donors (Lipinski definition) is 1. The van der Waals surface area contributed by atoms with Gasteiger partial charge in [0, 0.05) is 16.6 Å². The Morgan fingerprint density at radius 2 is 1.94 bits per heavy atom. The van der Waals surface area contributed by atoms with Crippen molar-refractivity contribution in [3.05, 3.63) is 55.4 Å². The Morgan fingerprint density at radius 3 is 2.65 bits per heavy atom. The third-order valence-corrected chi connectivity index (χ3v) is 9.42. The number of hydrogen-bond acceptors (Lipinski definition) is 3. The van der Waals surface area contributed by atoms with Crippen molar-refractivity contribution in [2.75, 3.05) is 0 Å². The van der Waals surface area contributed by atoms with E-state index in [1.807, 2.05) is 22.9 Å². The molecule has 180 valence electrons. The van der Waals surface area contributed by atoms with Crippen molar-refractivity contribution in [2.45, 2.75) is 70.3 Å². The predicted molar refractivity (Wildman–Crippen MR) is 144 cm³/mol. The van der Waals surface area contributed by atoms with Crippen molar-refractivity contribution in [1.29, 1.82) is 0 Å². The van der Waals surface area contributed by atoms with E-state index in [1.165, 1.54) is 32.1 Å². The maximum Gasteiger partial charge on any atom is 0.229 e. The van der Waals surface area contributed by atoms with E-state index in [9.17, 15) is 4.79 Å². The molecule has 0 spiro atoms. The Balaban J connectivity index is 1.53. The zero-order chi connectivity index (χ0) is 23.8. The van der Waals surface area contributed by atoms with Crippen molar-refractivity contribution in [1.82, 2.24) is 15.1 Å². The molecule has 1 aromatic carbocycles. The summed E-state index contributed by atoms with van der Waals surface area (Å²) < 4.78 is 2.97. The molecule has 1 N–H and O–H groups in total. The normalized spacial score (nSPS) is 19.6. The van der Waals surface area contributed by atoms with Gasteiger partial charge in [-0.3, -0.25) is 4.79 Å². The summed E-state index contributed by atoms with van der Waals surface area (Å²) in [7, 11) is 0. The number of nitrogens with zero attached hydrogens (tertiary/aromatic N) is 2. The number of benzene rings is 1. The van der Waals surface area contributed by atoms with E-state index in [4.69, 9.17) is 28.3 Å². The van der Waals surface area contributed by atoms with Gasteiger partial charge >= 0.3 is 0 Å².